The molecule has 2 aromatic rings. The third kappa shape index (κ3) is 2.26. The summed E-state index contributed by atoms with van der Waals surface area (Å²) in [4.78, 5) is 3.83. The van der Waals surface area contributed by atoms with E-state index < -0.39 is 17.6 Å². The molecule has 8 heteroatoms. The molecule has 2 heterocycles. The van der Waals surface area contributed by atoms with Gasteiger partial charge >= 0.3 is 6.18 Å². The Balaban J connectivity index is 2.57. The van der Waals surface area contributed by atoms with Crippen molar-refractivity contribution < 1.29 is 13.2 Å². The van der Waals surface area contributed by atoms with Gasteiger partial charge in [-0.1, -0.05) is 0 Å². The van der Waals surface area contributed by atoms with Crippen LogP contribution in [0.1, 0.15) is 5.69 Å². The molecule has 0 aromatic carbocycles. The van der Waals surface area contributed by atoms with E-state index in [2.05, 4.69) is 26.0 Å². The molecule has 0 fully saturated rings. The van der Waals surface area contributed by atoms with E-state index in [4.69, 9.17) is 5.73 Å². The minimum atomic E-state index is -4.57. The number of alkyl halides is 3. The summed E-state index contributed by atoms with van der Waals surface area (Å²) in [7, 11) is 0. The Labute approximate surface area is 102 Å². The third-order valence-electron chi connectivity index (χ3n) is 1.99. The number of nitrogens with two attached hydrogens (primary N) is 1. The van der Waals surface area contributed by atoms with Crippen LogP contribution in [0.3, 0.4) is 0 Å². The monoisotopic (exact) mass is 306 g/mol. The second-order valence-corrected chi connectivity index (χ2v) is 4.11. The van der Waals surface area contributed by atoms with E-state index in [0.29, 0.717) is 9.15 Å². The van der Waals surface area contributed by atoms with Crippen molar-refractivity contribution in [3.05, 3.63) is 34.7 Å². The van der Waals surface area contributed by atoms with Gasteiger partial charge in [-0.3, -0.25) is 0 Å². The molecule has 0 aliphatic rings. The number of nitrogens with zero attached hydrogens (tertiary/aromatic N) is 3. The molecule has 2 N–H and O–H groups in total. The van der Waals surface area contributed by atoms with Crippen molar-refractivity contribution in [1.82, 2.24) is 14.8 Å². The van der Waals surface area contributed by atoms with E-state index in [-0.39, 0.29) is 5.82 Å². The molecule has 0 amide bonds. The van der Waals surface area contributed by atoms with Gasteiger partial charge in [-0.05, 0) is 28.1 Å². The van der Waals surface area contributed by atoms with E-state index in [9.17, 15) is 13.2 Å². The van der Waals surface area contributed by atoms with Crippen molar-refractivity contribution in [3.8, 4) is 5.82 Å². The summed E-state index contributed by atoms with van der Waals surface area (Å²) in [5.41, 5.74) is 3.80. The van der Waals surface area contributed by atoms with Gasteiger partial charge in [0.2, 0.25) is 0 Å². The quantitative estimate of drug-likeness (QED) is 0.881. The van der Waals surface area contributed by atoms with E-state index in [0.717, 1.165) is 6.20 Å². The van der Waals surface area contributed by atoms with Gasteiger partial charge in [-0.25, -0.2) is 9.67 Å². The van der Waals surface area contributed by atoms with Crippen LogP contribution in [0, 0.1) is 0 Å². The van der Waals surface area contributed by atoms with E-state index in [1.807, 2.05) is 0 Å². The molecule has 0 saturated heterocycles. The number of pyridine rings is 1. The van der Waals surface area contributed by atoms with Crippen molar-refractivity contribution in [1.29, 1.82) is 0 Å². The van der Waals surface area contributed by atoms with Crippen molar-refractivity contribution in [2.75, 3.05) is 5.73 Å². The Morgan fingerprint density at radius 2 is 1.94 bits per heavy atom. The Morgan fingerprint density at radius 3 is 2.47 bits per heavy atom. The normalized spacial score (nSPS) is 11.8. The van der Waals surface area contributed by atoms with Crippen molar-refractivity contribution in [2.45, 2.75) is 6.18 Å². The summed E-state index contributed by atoms with van der Waals surface area (Å²) in [6, 6.07) is 2.98. The highest BCUT2D eigenvalue weighted by Crippen LogP contribution is 2.34. The molecular formula is C9H6BrF3N4. The van der Waals surface area contributed by atoms with Crippen LogP contribution in [0.15, 0.2) is 29.0 Å². The summed E-state index contributed by atoms with van der Waals surface area (Å²) < 4.78 is 39.5. The first-order valence-electron chi connectivity index (χ1n) is 4.42. The smallest absolute Gasteiger partial charge is 0.396 e. The number of nitrogen functional groups attached to an aromatic ring is 1. The van der Waals surface area contributed by atoms with Gasteiger partial charge in [0.05, 0.1) is 11.9 Å². The Hall–Kier alpha value is -1.57. The highest BCUT2D eigenvalue weighted by molar-refractivity contribution is 9.10. The molecule has 0 spiro atoms. The first-order valence-corrected chi connectivity index (χ1v) is 5.21. The number of aromatic nitrogens is 3. The van der Waals surface area contributed by atoms with Crippen LogP contribution in [-0.4, -0.2) is 14.8 Å². The highest BCUT2D eigenvalue weighted by atomic mass is 79.9. The maximum absolute atomic E-state index is 12.7. The van der Waals surface area contributed by atoms with Crippen LogP contribution in [0.5, 0.6) is 0 Å². The zero-order valence-electron chi connectivity index (χ0n) is 8.24. The zero-order chi connectivity index (χ0) is 12.6. The van der Waals surface area contributed by atoms with Gasteiger partial charge in [-0.15, -0.1) is 0 Å². The molecule has 4 nitrogen and oxygen atoms in total. The van der Waals surface area contributed by atoms with Crippen LogP contribution in [0.2, 0.25) is 0 Å². The summed E-state index contributed by atoms with van der Waals surface area (Å²) in [5, 5.41) is 3.58. The average molecular weight is 307 g/mol. The molecule has 2 aromatic heterocycles. The van der Waals surface area contributed by atoms with E-state index in [1.165, 1.54) is 12.3 Å². The maximum atomic E-state index is 12.7. The molecule has 0 atom stereocenters. The van der Waals surface area contributed by atoms with Crippen LogP contribution in [-0.2, 0) is 6.18 Å². The summed E-state index contributed by atoms with van der Waals surface area (Å²) in [5.74, 6) is 0.0530. The van der Waals surface area contributed by atoms with Crippen molar-refractivity contribution in [3.63, 3.8) is 0 Å². The fourth-order valence-corrected chi connectivity index (χ4v) is 1.55. The van der Waals surface area contributed by atoms with Gasteiger partial charge < -0.3 is 5.73 Å². The average Bonchev–Trinajstić information content (AvgIpc) is 2.61. The molecule has 0 saturated carbocycles. The minimum absolute atomic E-state index is 0.0530. The standard InChI is InChI=1S/C9H6BrF3N4/c10-5-1-2-7(15-3-5)17-8(9(11,12)13)6(14)4-16-17/h1-4H,14H2. The second-order valence-electron chi connectivity index (χ2n) is 3.19. The molecule has 17 heavy (non-hydrogen) atoms. The van der Waals surface area contributed by atoms with Crippen LogP contribution in [0.25, 0.3) is 5.82 Å². The molecule has 0 aliphatic carbocycles. The van der Waals surface area contributed by atoms with Crippen LogP contribution < -0.4 is 5.73 Å². The molecular weight excluding hydrogens is 301 g/mol. The predicted octanol–water partition coefficient (Wildman–Crippen LogP) is 2.63. The van der Waals surface area contributed by atoms with Crippen LogP contribution >= 0.6 is 15.9 Å². The molecule has 90 valence electrons. The molecule has 0 aliphatic heterocycles. The predicted molar refractivity (Wildman–Crippen MR) is 58.5 cm³/mol. The fourth-order valence-electron chi connectivity index (χ4n) is 1.31. The topological polar surface area (TPSA) is 56.7 Å². The lowest BCUT2D eigenvalue weighted by Crippen LogP contribution is -2.15. The molecule has 2 rings (SSSR count). The zero-order valence-corrected chi connectivity index (χ0v) is 9.83. The lowest BCUT2D eigenvalue weighted by molar-refractivity contribution is -0.142. The number of rotatable bonds is 1. The van der Waals surface area contributed by atoms with Crippen molar-refractivity contribution in [2.24, 2.45) is 0 Å². The Bertz CT molecular complexity index is 532. The minimum Gasteiger partial charge on any atom is -0.396 e. The largest absolute Gasteiger partial charge is 0.435 e. The lowest BCUT2D eigenvalue weighted by Gasteiger charge is -2.10. The molecule has 0 radical (unpaired) electrons. The maximum Gasteiger partial charge on any atom is 0.435 e. The van der Waals surface area contributed by atoms with Gasteiger partial charge in [0.15, 0.2) is 11.5 Å². The molecule has 0 bridgehead atoms. The van der Waals surface area contributed by atoms with Gasteiger partial charge in [0, 0.05) is 10.7 Å². The van der Waals surface area contributed by atoms with Gasteiger partial charge in [0.25, 0.3) is 0 Å². The summed E-state index contributed by atoms with van der Waals surface area (Å²) in [6.45, 7) is 0. The fraction of sp³-hybridized carbons (Fsp3) is 0.111. The number of anilines is 1. The Kier molecular flexibility index (Phi) is 2.82. The Morgan fingerprint density at radius 1 is 1.24 bits per heavy atom. The first kappa shape index (κ1) is 11.9. The first-order chi connectivity index (χ1) is 7.89. The summed E-state index contributed by atoms with van der Waals surface area (Å²) in [6.07, 6.45) is -2.24. The second kappa shape index (κ2) is 4.02. The van der Waals surface area contributed by atoms with Gasteiger partial charge in [-0.2, -0.15) is 18.3 Å². The summed E-state index contributed by atoms with van der Waals surface area (Å²) >= 11 is 3.14. The van der Waals surface area contributed by atoms with Crippen molar-refractivity contribution >= 4 is 21.6 Å². The lowest BCUT2D eigenvalue weighted by atomic mass is 10.3. The van der Waals surface area contributed by atoms with E-state index >= 15 is 0 Å². The van der Waals surface area contributed by atoms with Gasteiger partial charge in [0.1, 0.15) is 0 Å². The SMILES string of the molecule is Nc1cnn(-c2ccc(Br)cn2)c1C(F)(F)F. The highest BCUT2D eigenvalue weighted by Gasteiger charge is 2.38. The van der Waals surface area contributed by atoms with E-state index in [1.54, 1.807) is 6.07 Å². The third-order valence-corrected chi connectivity index (χ3v) is 2.46. The number of hydrogen-bond acceptors (Lipinski definition) is 3. The number of halogens is 4. The number of hydrogen-bond donors (Lipinski definition) is 1. The molecule has 0 unspecified atom stereocenters. The van der Waals surface area contributed by atoms with Crippen LogP contribution in [0.4, 0.5) is 18.9 Å².